The number of aryl methyl sites for hydroxylation is 1. The molecule has 0 amide bonds. The zero-order valence-corrected chi connectivity index (χ0v) is 14.3. The van der Waals surface area contributed by atoms with Crippen molar-refractivity contribution >= 4 is 11.8 Å². The van der Waals surface area contributed by atoms with Crippen molar-refractivity contribution in [3.63, 3.8) is 0 Å². The van der Waals surface area contributed by atoms with Crippen molar-refractivity contribution < 1.29 is 8.94 Å². The highest BCUT2D eigenvalue weighted by atomic mass is 32.2. The standard InChI is InChI=1S/C17H19N3O2S/c1-4-23-12(3)16-19-15(22-20-16)10-14-11(2)21-17(18-14)13-8-6-5-7-9-13/h5-9,12H,4,10H2,1-3H3/t12-/m0/s1. The van der Waals surface area contributed by atoms with Crippen molar-refractivity contribution in [3.8, 4) is 11.5 Å². The maximum absolute atomic E-state index is 5.76. The predicted molar refractivity (Wildman–Crippen MR) is 90.3 cm³/mol. The summed E-state index contributed by atoms with van der Waals surface area (Å²) in [7, 11) is 0. The second kappa shape index (κ2) is 7.00. The Morgan fingerprint density at radius 1 is 1.17 bits per heavy atom. The maximum atomic E-state index is 5.76. The normalized spacial score (nSPS) is 12.5. The second-order valence-electron chi connectivity index (χ2n) is 5.21. The van der Waals surface area contributed by atoms with Crippen LogP contribution in [0, 0.1) is 6.92 Å². The first-order valence-corrected chi connectivity index (χ1v) is 8.68. The molecule has 5 nitrogen and oxygen atoms in total. The first-order chi connectivity index (χ1) is 11.2. The first-order valence-electron chi connectivity index (χ1n) is 7.63. The Balaban J connectivity index is 1.77. The zero-order chi connectivity index (χ0) is 16.2. The van der Waals surface area contributed by atoms with Gasteiger partial charge in [-0.15, -0.1) is 0 Å². The molecule has 2 heterocycles. The fourth-order valence-electron chi connectivity index (χ4n) is 2.27. The third-order valence-corrected chi connectivity index (χ3v) is 4.54. The maximum Gasteiger partial charge on any atom is 0.232 e. The largest absolute Gasteiger partial charge is 0.441 e. The van der Waals surface area contributed by atoms with E-state index in [1.165, 1.54) is 0 Å². The summed E-state index contributed by atoms with van der Waals surface area (Å²) in [5, 5.41) is 4.29. The van der Waals surface area contributed by atoms with Gasteiger partial charge in [-0.1, -0.05) is 30.3 Å². The van der Waals surface area contributed by atoms with Gasteiger partial charge in [-0.25, -0.2) is 4.98 Å². The van der Waals surface area contributed by atoms with Crippen molar-refractivity contribution in [2.24, 2.45) is 0 Å². The molecule has 0 saturated heterocycles. The number of oxazole rings is 1. The van der Waals surface area contributed by atoms with Crippen LogP contribution in [0.4, 0.5) is 0 Å². The average molecular weight is 329 g/mol. The number of thioether (sulfide) groups is 1. The Labute approximate surface area is 139 Å². The smallest absolute Gasteiger partial charge is 0.232 e. The van der Waals surface area contributed by atoms with Crippen molar-refractivity contribution in [3.05, 3.63) is 53.5 Å². The van der Waals surface area contributed by atoms with Crippen molar-refractivity contribution in [1.82, 2.24) is 15.1 Å². The molecule has 0 fully saturated rings. The molecule has 0 radical (unpaired) electrons. The third-order valence-electron chi connectivity index (χ3n) is 3.50. The Morgan fingerprint density at radius 2 is 1.96 bits per heavy atom. The van der Waals surface area contributed by atoms with E-state index >= 15 is 0 Å². The number of benzene rings is 1. The zero-order valence-electron chi connectivity index (χ0n) is 13.4. The Bertz CT molecular complexity index is 767. The van der Waals surface area contributed by atoms with E-state index in [2.05, 4.69) is 29.0 Å². The highest BCUT2D eigenvalue weighted by Crippen LogP contribution is 2.26. The molecule has 0 unspecified atom stereocenters. The van der Waals surface area contributed by atoms with E-state index in [9.17, 15) is 0 Å². The van der Waals surface area contributed by atoms with Gasteiger partial charge in [0.15, 0.2) is 5.82 Å². The van der Waals surface area contributed by atoms with E-state index in [4.69, 9.17) is 8.94 Å². The number of hydrogen-bond donors (Lipinski definition) is 0. The van der Waals surface area contributed by atoms with E-state index in [0.717, 1.165) is 28.6 Å². The summed E-state index contributed by atoms with van der Waals surface area (Å²) < 4.78 is 11.1. The number of hydrogen-bond acceptors (Lipinski definition) is 6. The lowest BCUT2D eigenvalue weighted by atomic mass is 10.2. The van der Waals surface area contributed by atoms with Gasteiger partial charge in [0, 0.05) is 5.56 Å². The summed E-state index contributed by atoms with van der Waals surface area (Å²) in [6.45, 7) is 6.10. The lowest BCUT2D eigenvalue weighted by Gasteiger charge is -2.01. The topological polar surface area (TPSA) is 65.0 Å². The van der Waals surface area contributed by atoms with Gasteiger partial charge in [0.2, 0.25) is 11.8 Å². The Hall–Kier alpha value is -2.08. The summed E-state index contributed by atoms with van der Waals surface area (Å²) in [6, 6.07) is 9.85. The number of rotatable bonds is 6. The molecule has 1 aromatic carbocycles. The molecule has 3 aromatic rings. The van der Waals surface area contributed by atoms with Crippen molar-refractivity contribution in [1.29, 1.82) is 0 Å². The molecule has 120 valence electrons. The minimum Gasteiger partial charge on any atom is -0.441 e. The predicted octanol–water partition coefficient (Wildman–Crippen LogP) is 4.44. The molecular weight excluding hydrogens is 310 g/mol. The lowest BCUT2D eigenvalue weighted by Crippen LogP contribution is -1.94. The molecule has 0 bridgehead atoms. The van der Waals surface area contributed by atoms with Crippen LogP contribution in [-0.4, -0.2) is 20.9 Å². The minimum atomic E-state index is 0.232. The van der Waals surface area contributed by atoms with Gasteiger partial charge in [-0.3, -0.25) is 0 Å². The summed E-state index contributed by atoms with van der Waals surface area (Å²) in [5.74, 6) is 3.72. The van der Waals surface area contributed by atoms with E-state index in [1.54, 1.807) is 11.8 Å². The molecule has 0 aliphatic carbocycles. The molecule has 0 saturated carbocycles. The molecule has 3 rings (SSSR count). The van der Waals surface area contributed by atoms with Crippen molar-refractivity contribution in [2.75, 3.05) is 5.75 Å². The summed E-state index contributed by atoms with van der Waals surface area (Å²) in [5.41, 5.74) is 1.79. The second-order valence-corrected chi connectivity index (χ2v) is 6.83. The highest BCUT2D eigenvalue weighted by Gasteiger charge is 2.17. The Kier molecular flexibility index (Phi) is 4.81. The quantitative estimate of drug-likeness (QED) is 0.666. The molecule has 2 aromatic heterocycles. The molecule has 23 heavy (non-hydrogen) atoms. The third kappa shape index (κ3) is 3.64. The van der Waals surface area contributed by atoms with E-state index < -0.39 is 0 Å². The van der Waals surface area contributed by atoms with Gasteiger partial charge >= 0.3 is 0 Å². The van der Waals surface area contributed by atoms with E-state index in [-0.39, 0.29) is 5.25 Å². The number of aromatic nitrogens is 3. The molecule has 1 atom stereocenters. The van der Waals surface area contributed by atoms with Gasteiger partial charge in [0.1, 0.15) is 5.76 Å². The van der Waals surface area contributed by atoms with E-state index in [1.807, 2.05) is 37.3 Å². The first kappa shape index (κ1) is 15.8. The summed E-state index contributed by atoms with van der Waals surface area (Å²) in [4.78, 5) is 9.03. The van der Waals surface area contributed by atoms with Gasteiger partial charge in [-0.2, -0.15) is 16.7 Å². The van der Waals surface area contributed by atoms with Crippen LogP contribution in [0.5, 0.6) is 0 Å². The lowest BCUT2D eigenvalue weighted by molar-refractivity contribution is 0.378. The highest BCUT2D eigenvalue weighted by molar-refractivity contribution is 7.99. The van der Waals surface area contributed by atoms with Crippen molar-refractivity contribution in [2.45, 2.75) is 32.4 Å². The molecule has 0 aliphatic heterocycles. The fourth-order valence-corrected chi connectivity index (χ4v) is 3.01. The van der Waals surface area contributed by atoms with Crippen LogP contribution < -0.4 is 0 Å². The van der Waals surface area contributed by atoms with Gasteiger partial charge in [0.25, 0.3) is 0 Å². The molecule has 0 N–H and O–H groups in total. The number of nitrogens with zero attached hydrogens (tertiary/aromatic N) is 3. The fraction of sp³-hybridized carbons (Fsp3) is 0.353. The van der Waals surface area contributed by atoms with Crippen LogP contribution in [0.3, 0.4) is 0 Å². The minimum absolute atomic E-state index is 0.232. The average Bonchev–Trinajstić information content (AvgIpc) is 3.17. The van der Waals surface area contributed by atoms with Gasteiger partial charge in [-0.05, 0) is 31.7 Å². The Morgan fingerprint density at radius 3 is 2.70 bits per heavy atom. The molecule has 0 aliphatic rings. The molecule has 6 heteroatoms. The van der Waals surface area contributed by atoms with E-state index in [0.29, 0.717) is 18.2 Å². The monoisotopic (exact) mass is 329 g/mol. The molecular formula is C17H19N3O2S. The summed E-state index contributed by atoms with van der Waals surface area (Å²) >= 11 is 1.79. The SMILES string of the molecule is CCS[C@@H](C)c1noc(Cc2nc(-c3ccccc3)oc2C)n1. The van der Waals surface area contributed by atoms with Crippen LogP contribution in [-0.2, 0) is 6.42 Å². The van der Waals surface area contributed by atoms with Gasteiger partial charge in [0.05, 0.1) is 17.4 Å². The van der Waals surface area contributed by atoms with Crippen LogP contribution in [0.15, 0.2) is 39.3 Å². The molecule has 0 spiro atoms. The van der Waals surface area contributed by atoms with Crippen LogP contribution in [0.25, 0.3) is 11.5 Å². The van der Waals surface area contributed by atoms with Crippen LogP contribution in [0.2, 0.25) is 0 Å². The summed E-state index contributed by atoms with van der Waals surface area (Å²) in [6.07, 6.45) is 0.485. The van der Waals surface area contributed by atoms with Gasteiger partial charge < -0.3 is 8.94 Å². The van der Waals surface area contributed by atoms with Crippen LogP contribution >= 0.6 is 11.8 Å². The van der Waals surface area contributed by atoms with Crippen LogP contribution in [0.1, 0.15) is 42.3 Å².